The summed E-state index contributed by atoms with van der Waals surface area (Å²) >= 11 is 3.94. The van der Waals surface area contributed by atoms with Gasteiger partial charge >= 0.3 is 0 Å². The molecule has 2 aromatic rings. The van der Waals surface area contributed by atoms with Crippen LogP contribution in [0.15, 0.2) is 36.4 Å². The van der Waals surface area contributed by atoms with Gasteiger partial charge in [0, 0.05) is 41.2 Å². The molecule has 4 nitrogen and oxygen atoms in total. The van der Waals surface area contributed by atoms with Crippen molar-refractivity contribution in [3.8, 4) is 11.5 Å². The second-order valence-electron chi connectivity index (χ2n) is 7.01. The van der Waals surface area contributed by atoms with Crippen molar-refractivity contribution in [2.45, 2.75) is 37.5 Å². The minimum Gasteiger partial charge on any atom is -0.494 e. The first kappa shape index (κ1) is 19.5. The highest BCUT2D eigenvalue weighted by atomic mass is 32.2. The smallest absolute Gasteiger partial charge is 0.251 e. The number of ether oxygens (including phenoxy) is 2. The Morgan fingerprint density at radius 1 is 1.21 bits per heavy atom. The van der Waals surface area contributed by atoms with E-state index in [4.69, 9.17) is 9.47 Å². The Morgan fingerprint density at radius 2 is 1.96 bits per heavy atom. The normalized spacial score (nSPS) is 18.6. The second kappa shape index (κ2) is 8.70. The number of benzene rings is 2. The maximum absolute atomic E-state index is 12.6. The Kier molecular flexibility index (Phi) is 6.07. The zero-order valence-corrected chi connectivity index (χ0v) is 17.8. The lowest BCUT2D eigenvalue weighted by molar-refractivity contribution is 0.0950. The van der Waals surface area contributed by atoms with E-state index in [1.807, 2.05) is 48.6 Å². The van der Waals surface area contributed by atoms with E-state index in [-0.39, 0.29) is 12.0 Å². The molecule has 0 aliphatic carbocycles. The van der Waals surface area contributed by atoms with E-state index in [0.29, 0.717) is 23.3 Å². The van der Waals surface area contributed by atoms with Gasteiger partial charge in [-0.05, 0) is 43.7 Å². The van der Waals surface area contributed by atoms with Crippen LogP contribution in [0.25, 0.3) is 0 Å². The summed E-state index contributed by atoms with van der Waals surface area (Å²) in [4.78, 5) is 12.6. The van der Waals surface area contributed by atoms with Gasteiger partial charge in [-0.3, -0.25) is 4.79 Å². The first-order valence-corrected chi connectivity index (χ1v) is 11.8. The van der Waals surface area contributed by atoms with Crippen LogP contribution in [0.3, 0.4) is 0 Å². The van der Waals surface area contributed by atoms with Crippen LogP contribution in [-0.2, 0) is 13.0 Å². The lowest BCUT2D eigenvalue weighted by atomic mass is 10.1. The van der Waals surface area contributed by atoms with Crippen molar-refractivity contribution >= 4 is 29.4 Å². The molecular weight excluding hydrogens is 390 g/mol. The minimum absolute atomic E-state index is 0.0736. The van der Waals surface area contributed by atoms with Crippen LogP contribution in [0, 0.1) is 0 Å². The molecule has 0 radical (unpaired) electrons. The molecule has 1 saturated heterocycles. The summed E-state index contributed by atoms with van der Waals surface area (Å²) in [5.41, 5.74) is 4.08. The summed E-state index contributed by atoms with van der Waals surface area (Å²) in [5.74, 6) is 4.04. The van der Waals surface area contributed by atoms with E-state index >= 15 is 0 Å². The van der Waals surface area contributed by atoms with Gasteiger partial charge in [0.15, 0.2) is 0 Å². The van der Waals surface area contributed by atoms with Gasteiger partial charge < -0.3 is 14.8 Å². The van der Waals surface area contributed by atoms with Gasteiger partial charge in [-0.15, -0.1) is 23.5 Å². The molecule has 2 aliphatic heterocycles. The van der Waals surface area contributed by atoms with Crippen molar-refractivity contribution in [1.29, 1.82) is 0 Å². The van der Waals surface area contributed by atoms with Gasteiger partial charge in [0.25, 0.3) is 5.91 Å². The van der Waals surface area contributed by atoms with E-state index in [9.17, 15) is 4.79 Å². The number of fused-ring (bicyclic) bond motifs is 1. The molecule has 1 N–H and O–H groups in total. The summed E-state index contributed by atoms with van der Waals surface area (Å²) in [6.07, 6.45) is 1.08. The molecule has 0 bridgehead atoms. The summed E-state index contributed by atoms with van der Waals surface area (Å²) in [5, 5.41) is 3.02. The quantitative estimate of drug-likeness (QED) is 0.733. The fourth-order valence-corrected chi connectivity index (χ4v) is 6.39. The maximum atomic E-state index is 12.6. The molecular formula is C22H25NO3S2. The molecule has 0 aromatic heterocycles. The third-order valence-corrected chi connectivity index (χ3v) is 7.99. The topological polar surface area (TPSA) is 47.6 Å². The molecule has 0 saturated carbocycles. The second-order valence-corrected chi connectivity index (χ2v) is 9.74. The molecule has 1 amide bonds. The van der Waals surface area contributed by atoms with Crippen LogP contribution in [0.2, 0.25) is 0 Å². The Balaban J connectivity index is 1.43. The number of hydrogen-bond acceptors (Lipinski definition) is 5. The largest absolute Gasteiger partial charge is 0.494 e. The molecule has 0 spiro atoms. The van der Waals surface area contributed by atoms with Crippen LogP contribution in [0.5, 0.6) is 11.5 Å². The van der Waals surface area contributed by atoms with Gasteiger partial charge in [0.05, 0.1) is 11.2 Å². The summed E-state index contributed by atoms with van der Waals surface area (Å²) < 4.78 is 12.2. The first-order chi connectivity index (χ1) is 13.6. The van der Waals surface area contributed by atoms with E-state index in [0.717, 1.165) is 23.5 Å². The predicted molar refractivity (Wildman–Crippen MR) is 117 cm³/mol. The number of rotatable bonds is 6. The third-order valence-electron chi connectivity index (χ3n) is 4.89. The number of carbonyl (C=O) groups excluding carboxylic acids is 1. The van der Waals surface area contributed by atoms with E-state index in [2.05, 4.69) is 30.4 Å². The minimum atomic E-state index is -0.0736. The van der Waals surface area contributed by atoms with Gasteiger partial charge in [-0.25, -0.2) is 0 Å². The van der Waals surface area contributed by atoms with Crippen LogP contribution >= 0.6 is 23.5 Å². The molecule has 2 aliphatic rings. The highest BCUT2D eigenvalue weighted by Crippen LogP contribution is 2.45. The molecule has 28 heavy (non-hydrogen) atoms. The van der Waals surface area contributed by atoms with E-state index < -0.39 is 0 Å². The van der Waals surface area contributed by atoms with Crippen molar-refractivity contribution in [3.05, 3.63) is 58.7 Å². The predicted octanol–water partition coefficient (Wildman–Crippen LogP) is 4.82. The average molecular weight is 416 g/mol. The molecule has 148 valence electrons. The highest BCUT2D eigenvalue weighted by Gasteiger charge is 2.22. The lowest BCUT2D eigenvalue weighted by Crippen LogP contribution is -2.23. The number of nitrogens with one attached hydrogen (secondary N) is 1. The van der Waals surface area contributed by atoms with Crippen molar-refractivity contribution in [2.24, 2.45) is 0 Å². The van der Waals surface area contributed by atoms with Crippen molar-refractivity contribution < 1.29 is 14.3 Å². The van der Waals surface area contributed by atoms with E-state index in [1.54, 1.807) is 0 Å². The Morgan fingerprint density at radius 3 is 2.68 bits per heavy atom. The number of thioether (sulfide) groups is 2. The van der Waals surface area contributed by atoms with Crippen LogP contribution in [0.4, 0.5) is 0 Å². The molecule has 2 aromatic carbocycles. The van der Waals surface area contributed by atoms with Crippen LogP contribution < -0.4 is 14.8 Å². The van der Waals surface area contributed by atoms with Crippen molar-refractivity contribution in [2.75, 3.05) is 18.1 Å². The van der Waals surface area contributed by atoms with Crippen molar-refractivity contribution in [1.82, 2.24) is 5.32 Å². The van der Waals surface area contributed by atoms with Crippen LogP contribution in [0.1, 0.15) is 45.5 Å². The average Bonchev–Trinajstić information content (AvgIpc) is 3.35. The van der Waals surface area contributed by atoms with E-state index in [1.165, 1.54) is 22.6 Å². The highest BCUT2D eigenvalue weighted by molar-refractivity contribution is 8.19. The van der Waals surface area contributed by atoms with Crippen LogP contribution in [-0.4, -0.2) is 30.1 Å². The van der Waals surface area contributed by atoms with Gasteiger partial charge in [0.1, 0.15) is 17.6 Å². The number of carbonyl (C=O) groups is 1. The third kappa shape index (κ3) is 4.28. The molecule has 6 heteroatoms. The molecule has 4 rings (SSSR count). The SMILES string of the molecule is CCOc1cc2c(cc1CNC(=O)c1ccc(C3SCCS3)cc1)OC(C)C2. The van der Waals surface area contributed by atoms with Gasteiger partial charge in [-0.1, -0.05) is 12.1 Å². The molecule has 1 unspecified atom stereocenters. The Hall–Kier alpha value is -1.79. The zero-order valence-electron chi connectivity index (χ0n) is 16.2. The number of hydrogen-bond donors (Lipinski definition) is 1. The number of amides is 1. The standard InChI is InChI=1S/C22H25NO3S2/c1-3-25-19-11-17-10-14(2)26-20(17)12-18(19)13-23-21(24)15-4-6-16(7-5-15)22-27-8-9-28-22/h4-7,11-12,14,22H,3,8-10,13H2,1-2H3,(H,23,24). The maximum Gasteiger partial charge on any atom is 0.251 e. The monoisotopic (exact) mass is 415 g/mol. The summed E-state index contributed by atoms with van der Waals surface area (Å²) in [6, 6.07) is 12.0. The van der Waals surface area contributed by atoms with Gasteiger partial charge in [-0.2, -0.15) is 0 Å². The Labute approximate surface area is 174 Å². The first-order valence-electron chi connectivity index (χ1n) is 9.70. The summed E-state index contributed by atoms with van der Waals surface area (Å²) in [6.45, 7) is 5.04. The lowest BCUT2D eigenvalue weighted by Gasteiger charge is -2.14. The molecule has 1 fully saturated rings. The van der Waals surface area contributed by atoms with Crippen molar-refractivity contribution in [3.63, 3.8) is 0 Å². The molecule has 1 atom stereocenters. The Bertz CT molecular complexity index is 848. The fourth-order valence-electron chi connectivity index (χ4n) is 3.53. The van der Waals surface area contributed by atoms with Gasteiger partial charge in [0.2, 0.25) is 0 Å². The molecule has 2 heterocycles. The zero-order chi connectivity index (χ0) is 19.5. The fraction of sp³-hybridized carbons (Fsp3) is 0.409. The summed E-state index contributed by atoms with van der Waals surface area (Å²) in [7, 11) is 0.